The van der Waals surface area contributed by atoms with E-state index >= 15 is 0 Å². The van der Waals surface area contributed by atoms with Crippen LogP contribution in [0.2, 0.25) is 0 Å². The summed E-state index contributed by atoms with van der Waals surface area (Å²) in [5.74, 6) is 0.919. The van der Waals surface area contributed by atoms with E-state index in [1.807, 2.05) is 0 Å². The molecule has 3 heteroatoms. The Labute approximate surface area is 69.4 Å². The molecule has 0 radical (unpaired) electrons. The molecule has 62 valence electrons. The predicted octanol–water partition coefficient (Wildman–Crippen LogP) is 1.57. The highest BCUT2D eigenvalue weighted by molar-refractivity contribution is 5.57. The number of aromatic hydroxyl groups is 2. The average molecular weight is 163 g/mol. The Morgan fingerprint density at radius 3 is 2.08 bits per heavy atom. The first-order valence-electron chi connectivity index (χ1n) is 4.09. The van der Waals surface area contributed by atoms with Crippen molar-refractivity contribution in [3.8, 4) is 11.8 Å². The van der Waals surface area contributed by atoms with E-state index in [1.165, 1.54) is 0 Å². The van der Waals surface area contributed by atoms with Gasteiger partial charge in [-0.2, -0.15) is 0 Å². The highest BCUT2D eigenvalue weighted by Gasteiger charge is 2.38. The van der Waals surface area contributed by atoms with Gasteiger partial charge in [0, 0.05) is 23.0 Å². The Balaban J connectivity index is 2.31. The molecule has 0 amide bonds. The van der Waals surface area contributed by atoms with Crippen LogP contribution in [0.3, 0.4) is 0 Å². The van der Waals surface area contributed by atoms with Crippen molar-refractivity contribution in [3.05, 3.63) is 23.3 Å². The minimum Gasteiger partial charge on any atom is -0.494 e. The highest BCUT2D eigenvalue weighted by atomic mass is 16.3. The molecular formula is C9H9NO2. The molecule has 1 aromatic rings. The summed E-state index contributed by atoms with van der Waals surface area (Å²) in [6.45, 7) is 0. The van der Waals surface area contributed by atoms with Gasteiger partial charge in [0.2, 0.25) is 0 Å². The summed E-state index contributed by atoms with van der Waals surface area (Å²) in [6.07, 6.45) is 5.21. The maximum absolute atomic E-state index is 9.42. The van der Waals surface area contributed by atoms with Crippen molar-refractivity contribution >= 4 is 0 Å². The minimum absolute atomic E-state index is 0.138. The molecule has 0 saturated heterocycles. The summed E-state index contributed by atoms with van der Waals surface area (Å²) in [5, 5.41) is 18.8. The summed E-state index contributed by atoms with van der Waals surface area (Å²) in [5.41, 5.74) is 1.81. The Morgan fingerprint density at radius 1 is 1.08 bits per heavy atom. The summed E-state index contributed by atoms with van der Waals surface area (Å²) < 4.78 is 0. The Kier molecular flexibility index (Phi) is 0.865. The molecule has 2 aliphatic carbocycles. The molecule has 0 unspecified atom stereocenters. The van der Waals surface area contributed by atoms with Crippen LogP contribution in [0.5, 0.6) is 11.8 Å². The van der Waals surface area contributed by atoms with Crippen molar-refractivity contribution < 1.29 is 10.2 Å². The van der Waals surface area contributed by atoms with Gasteiger partial charge in [-0.1, -0.05) is 12.2 Å². The first-order chi connectivity index (χ1) is 5.77. The van der Waals surface area contributed by atoms with Gasteiger partial charge in [-0.15, -0.1) is 0 Å². The van der Waals surface area contributed by atoms with E-state index in [4.69, 9.17) is 0 Å². The second-order valence-corrected chi connectivity index (χ2v) is 3.48. The van der Waals surface area contributed by atoms with Gasteiger partial charge in [-0.3, -0.25) is 4.98 Å². The largest absolute Gasteiger partial charge is 0.494 e. The maximum atomic E-state index is 9.42. The van der Waals surface area contributed by atoms with Gasteiger partial charge < -0.3 is 10.2 Å². The Hall–Kier alpha value is -1.38. The van der Waals surface area contributed by atoms with Gasteiger partial charge >= 0.3 is 0 Å². The van der Waals surface area contributed by atoms with E-state index in [0.717, 1.165) is 17.5 Å². The van der Waals surface area contributed by atoms with Gasteiger partial charge in [0.15, 0.2) is 11.8 Å². The lowest BCUT2D eigenvalue weighted by molar-refractivity contribution is 0.418. The molecular weight excluding hydrogens is 154 g/mol. The molecule has 1 aromatic heterocycles. The van der Waals surface area contributed by atoms with Crippen LogP contribution in [0.4, 0.5) is 0 Å². The summed E-state index contributed by atoms with van der Waals surface area (Å²) in [4.78, 5) is 2.55. The fraction of sp³-hybridized carbons (Fsp3) is 0.333. The lowest BCUT2D eigenvalue weighted by atomic mass is 10.0. The minimum atomic E-state index is 0.138. The van der Waals surface area contributed by atoms with Crippen LogP contribution in [-0.2, 0) is 0 Å². The topological polar surface area (TPSA) is 56.2 Å². The Bertz CT molecular complexity index is 346. The van der Waals surface area contributed by atoms with Crippen molar-refractivity contribution in [1.82, 2.24) is 4.98 Å². The number of hydrogen-bond acceptors (Lipinski definition) is 2. The zero-order valence-electron chi connectivity index (χ0n) is 6.41. The first kappa shape index (κ1) is 6.17. The highest BCUT2D eigenvalue weighted by Crippen LogP contribution is 2.54. The van der Waals surface area contributed by atoms with Gasteiger partial charge in [-0.05, 0) is 6.42 Å². The number of hydrogen-bond donors (Lipinski definition) is 3. The number of allylic oxidation sites excluding steroid dienone is 2. The summed E-state index contributed by atoms with van der Waals surface area (Å²) in [7, 11) is 0. The van der Waals surface area contributed by atoms with Crippen molar-refractivity contribution in [3.63, 3.8) is 0 Å². The lowest BCUT2D eigenvalue weighted by Crippen LogP contribution is -1.87. The van der Waals surface area contributed by atoms with E-state index in [9.17, 15) is 10.2 Å². The molecule has 3 N–H and O–H groups in total. The van der Waals surface area contributed by atoms with E-state index in [1.54, 1.807) is 0 Å². The van der Waals surface area contributed by atoms with Crippen LogP contribution in [0, 0.1) is 0 Å². The standard InChI is InChI=1S/C9H9NO2/c11-8-6-4-1-2-5(3-4)7(6)9(12)10-8/h1-2,4-5,10-12H,3H2/t4-,5+. The van der Waals surface area contributed by atoms with Gasteiger partial charge in [0.05, 0.1) is 0 Å². The van der Waals surface area contributed by atoms with Crippen LogP contribution in [0.1, 0.15) is 29.4 Å². The fourth-order valence-corrected chi connectivity index (χ4v) is 2.38. The fourth-order valence-electron chi connectivity index (χ4n) is 2.38. The van der Waals surface area contributed by atoms with Crippen molar-refractivity contribution in [2.75, 3.05) is 0 Å². The average Bonchev–Trinajstić information content (AvgIpc) is 2.64. The summed E-state index contributed by atoms with van der Waals surface area (Å²) in [6, 6.07) is 0. The molecule has 0 aliphatic heterocycles. The second-order valence-electron chi connectivity index (χ2n) is 3.48. The Morgan fingerprint density at radius 2 is 1.58 bits per heavy atom. The molecule has 3 rings (SSSR count). The van der Waals surface area contributed by atoms with Crippen LogP contribution in [0.25, 0.3) is 0 Å². The SMILES string of the molecule is Oc1[nH]c(O)c2c1[C@@H]1C=C[C@H]2C1. The number of nitrogens with one attached hydrogen (secondary N) is 1. The van der Waals surface area contributed by atoms with E-state index in [2.05, 4.69) is 17.1 Å². The number of fused-ring (bicyclic) bond motifs is 5. The zero-order chi connectivity index (χ0) is 8.29. The predicted molar refractivity (Wildman–Crippen MR) is 43.4 cm³/mol. The molecule has 0 fully saturated rings. The van der Waals surface area contributed by atoms with Crippen LogP contribution < -0.4 is 0 Å². The number of rotatable bonds is 0. The van der Waals surface area contributed by atoms with E-state index < -0.39 is 0 Å². The normalized spacial score (nSPS) is 29.7. The van der Waals surface area contributed by atoms with E-state index in [0.29, 0.717) is 11.8 Å². The van der Waals surface area contributed by atoms with Crippen LogP contribution in [-0.4, -0.2) is 15.2 Å². The number of aromatic nitrogens is 1. The molecule has 12 heavy (non-hydrogen) atoms. The van der Waals surface area contributed by atoms with Crippen molar-refractivity contribution in [1.29, 1.82) is 0 Å². The van der Waals surface area contributed by atoms with Gasteiger partial charge in [0.25, 0.3) is 0 Å². The second kappa shape index (κ2) is 1.68. The van der Waals surface area contributed by atoms with Crippen LogP contribution in [0.15, 0.2) is 12.2 Å². The molecule has 1 heterocycles. The quantitative estimate of drug-likeness (QED) is 0.508. The molecule has 2 bridgehead atoms. The van der Waals surface area contributed by atoms with Crippen molar-refractivity contribution in [2.45, 2.75) is 18.3 Å². The number of H-pyrrole nitrogens is 1. The zero-order valence-corrected chi connectivity index (χ0v) is 6.41. The third-order valence-corrected chi connectivity index (χ3v) is 2.86. The van der Waals surface area contributed by atoms with Crippen molar-refractivity contribution in [2.24, 2.45) is 0 Å². The monoisotopic (exact) mass is 163 g/mol. The molecule has 3 nitrogen and oxygen atoms in total. The number of aromatic amines is 1. The first-order valence-corrected chi connectivity index (χ1v) is 4.09. The molecule has 2 atom stereocenters. The smallest absolute Gasteiger partial charge is 0.195 e. The maximum Gasteiger partial charge on any atom is 0.195 e. The van der Waals surface area contributed by atoms with Gasteiger partial charge in [0.1, 0.15) is 0 Å². The van der Waals surface area contributed by atoms with Crippen LogP contribution >= 0.6 is 0 Å². The molecule has 0 spiro atoms. The third kappa shape index (κ3) is 0.501. The molecule has 0 aromatic carbocycles. The summed E-state index contributed by atoms with van der Waals surface area (Å²) >= 11 is 0. The molecule has 0 saturated carbocycles. The lowest BCUT2D eigenvalue weighted by Gasteiger charge is -2.03. The third-order valence-electron chi connectivity index (χ3n) is 2.86. The van der Waals surface area contributed by atoms with Gasteiger partial charge in [-0.25, -0.2) is 0 Å². The van der Waals surface area contributed by atoms with E-state index in [-0.39, 0.29) is 11.8 Å². The molecule has 2 aliphatic rings.